The molecule has 1 aromatic heterocycles. The van der Waals surface area contributed by atoms with Gasteiger partial charge in [-0.2, -0.15) is 4.57 Å². The topological polar surface area (TPSA) is 20.9 Å². The Morgan fingerprint density at radius 3 is 0.971 bits per heavy atom. The van der Waals surface area contributed by atoms with Crippen LogP contribution in [0.2, 0.25) is 0 Å². The molecule has 0 radical (unpaired) electrons. The summed E-state index contributed by atoms with van der Waals surface area (Å²) in [4.78, 5) is 12.6. The molecule has 0 N–H and O–H groups in total. The number of nitrogens with zero attached hydrogens (tertiary/aromatic N) is 1. The zero-order chi connectivity index (χ0) is 50.8. The predicted octanol–water partition coefficient (Wildman–Crippen LogP) is 10.7. The molecule has 0 fully saturated rings. The molecule has 7 rings (SSSR count). The van der Waals surface area contributed by atoms with Crippen LogP contribution in [0.4, 0.5) is 87.8 Å². The summed E-state index contributed by atoms with van der Waals surface area (Å²) >= 11 is 18.3. The molecular weight excluding hydrogens is 1030 g/mol. The Bertz CT molecular complexity index is 2840. The van der Waals surface area contributed by atoms with Crippen LogP contribution in [0.25, 0.3) is 10.9 Å². The summed E-state index contributed by atoms with van der Waals surface area (Å²) in [5, 5.41) is 0.978. The number of aromatic nitrogens is 1. The summed E-state index contributed by atoms with van der Waals surface area (Å²) in [7, 11) is 0. The molecule has 0 amide bonds. The van der Waals surface area contributed by atoms with Crippen molar-refractivity contribution in [3.8, 4) is 0 Å². The lowest BCUT2D eigenvalue weighted by Gasteiger charge is -2.44. The molecule has 7 aromatic rings. The van der Waals surface area contributed by atoms with E-state index < -0.39 is 148 Å². The first kappa shape index (κ1) is 51.3. The van der Waals surface area contributed by atoms with Crippen LogP contribution in [0, 0.1) is 116 Å². The number of Topliss-reactive ketones (excluding diaryl/α,β-unsaturated/α-hetero) is 1. The van der Waals surface area contributed by atoms with Crippen molar-refractivity contribution in [1.29, 1.82) is 0 Å². The van der Waals surface area contributed by atoms with E-state index in [1.54, 1.807) is 22.8 Å². The van der Waals surface area contributed by atoms with Crippen molar-refractivity contribution in [3.05, 3.63) is 194 Å². The molecule has 0 atom stereocenters. The van der Waals surface area contributed by atoms with Crippen molar-refractivity contribution in [3.63, 3.8) is 0 Å². The van der Waals surface area contributed by atoms with Gasteiger partial charge in [0.15, 0.2) is 69.8 Å². The maximum Gasteiger partial charge on any atom is 0.275 e. The predicted molar refractivity (Wildman–Crippen MR) is 203 cm³/mol. The number of para-hydroxylation sites is 1. The minimum Gasteiger partial charge on any atom is -0.287 e. The maximum absolute atomic E-state index is 15.4. The van der Waals surface area contributed by atoms with Gasteiger partial charge in [-0.1, -0.05) is 77.3 Å². The summed E-state index contributed by atoms with van der Waals surface area (Å²) in [6, 6.07) is 20.4. The Labute approximate surface area is 380 Å². The van der Waals surface area contributed by atoms with Gasteiger partial charge in [-0.3, -0.25) is 4.79 Å². The van der Waals surface area contributed by atoms with Gasteiger partial charge in [-0.05, 0) is 12.1 Å². The molecule has 0 aliphatic heterocycles. The van der Waals surface area contributed by atoms with Gasteiger partial charge >= 0.3 is 0 Å². The number of fused-ring (bicyclic) bond motifs is 1. The summed E-state index contributed by atoms with van der Waals surface area (Å²) in [5.41, 5.74) is -12.4. The number of hydrogen-bond donors (Lipinski definition) is 0. The van der Waals surface area contributed by atoms with Gasteiger partial charge in [0.1, 0.15) is 52.7 Å². The Hall–Kier alpha value is -6.07. The second-order valence-electron chi connectivity index (χ2n) is 14.0. The third-order valence-electron chi connectivity index (χ3n) is 10.3. The highest BCUT2D eigenvalue weighted by atomic mass is 35.6. The molecule has 0 unspecified atom stereocenters. The maximum atomic E-state index is 15.4. The minimum atomic E-state index is -7.22. The number of alkyl halides is 3. The average Bonchev–Trinajstić information content (AvgIpc) is 3.31. The molecule has 1 heterocycles. The highest BCUT2D eigenvalue weighted by molar-refractivity contribution is 7.20. The van der Waals surface area contributed by atoms with Gasteiger partial charge in [0.25, 0.3) is 3.79 Å². The molecule has 0 bridgehead atoms. The Kier molecular flexibility index (Phi) is 14.2. The first-order chi connectivity index (χ1) is 31.7. The first-order valence-electron chi connectivity index (χ1n) is 18.0. The molecule has 0 saturated carbocycles. The van der Waals surface area contributed by atoms with Crippen molar-refractivity contribution >= 4 is 79.5 Å². The van der Waals surface area contributed by atoms with Crippen LogP contribution in [0.1, 0.15) is 16.1 Å². The number of carbonyl (C=O) groups is 1. The molecule has 26 heteroatoms. The molecule has 0 aliphatic rings. The third-order valence-corrected chi connectivity index (χ3v) is 10.9. The standard InChI is InChI=1S/C24BF20.C18H13Cl3NO/c26-5-1(6(27)14(35)21(42)13(5)34)25(2-7(28)15(36)22(43)16(37)8(2)29,3-9(30)17(38)23(44)18(39)10(3)31)4-11(32)19(40)24(45)20(41)12(4)33;19-18(20,21)17-11-10-13-6-4-5-9-15(13)22(17)12-16(23)14-7-2-1-3-8-14/h;1-11H,12H2/q-1;+1. The van der Waals surface area contributed by atoms with E-state index in [0.717, 1.165) is 10.9 Å². The quantitative estimate of drug-likeness (QED) is 0.0296. The fourth-order valence-electron chi connectivity index (χ4n) is 7.41. The molecule has 68 heavy (non-hydrogen) atoms. The molecule has 356 valence electrons. The molecule has 0 spiro atoms. The molecule has 2 nitrogen and oxygen atoms in total. The summed E-state index contributed by atoms with van der Waals surface area (Å²) in [5.74, 6) is -71.4. The van der Waals surface area contributed by atoms with E-state index in [-0.39, 0.29) is 12.3 Å². The summed E-state index contributed by atoms with van der Waals surface area (Å²) in [6.45, 7) is 0.106. The number of carbonyl (C=O) groups excluding carboxylic acids is 1. The van der Waals surface area contributed by atoms with Crippen LogP contribution in [-0.2, 0) is 10.3 Å². The summed E-state index contributed by atoms with van der Waals surface area (Å²) < 4.78 is 294. The highest BCUT2D eigenvalue weighted by Gasteiger charge is 2.52. The fourth-order valence-corrected chi connectivity index (χ4v) is 7.91. The monoisotopic (exact) mass is 1040 g/mol. The van der Waals surface area contributed by atoms with Crippen molar-refractivity contribution in [2.24, 2.45) is 0 Å². The normalized spacial score (nSPS) is 11.9. The minimum absolute atomic E-state index is 0.0394. The number of pyridine rings is 1. The van der Waals surface area contributed by atoms with Gasteiger partial charge in [0.2, 0.25) is 23.5 Å². The van der Waals surface area contributed by atoms with Crippen LogP contribution in [0.15, 0.2) is 66.7 Å². The molecular formula is C42H13BCl3F20NO. The highest BCUT2D eigenvalue weighted by Crippen LogP contribution is 2.37. The lowest BCUT2D eigenvalue weighted by Crippen LogP contribution is -2.81. The van der Waals surface area contributed by atoms with Crippen LogP contribution in [0.3, 0.4) is 0 Å². The van der Waals surface area contributed by atoms with Crippen molar-refractivity contribution in [2.45, 2.75) is 10.3 Å². The van der Waals surface area contributed by atoms with E-state index in [0.29, 0.717) is 11.3 Å². The van der Waals surface area contributed by atoms with Crippen molar-refractivity contribution < 1.29 is 97.2 Å². The SMILES string of the molecule is Fc1c(F)c(F)c([B-](c2c(F)c(F)c(F)c(F)c2F)(c2c(F)c(F)c(F)c(F)c2F)c2c(F)c(F)c(F)c(F)c2F)c(F)c1F.O=C(C[n+]1c(C(Cl)(Cl)Cl)ccc2ccccc21)c1ccccc1. The van der Waals surface area contributed by atoms with Gasteiger partial charge < -0.3 is 0 Å². The number of ketones is 1. The zero-order valence-electron chi connectivity index (χ0n) is 32.2. The van der Waals surface area contributed by atoms with E-state index in [2.05, 4.69) is 0 Å². The zero-order valence-corrected chi connectivity index (χ0v) is 34.5. The van der Waals surface area contributed by atoms with Crippen LogP contribution in [-0.4, -0.2) is 11.9 Å². The van der Waals surface area contributed by atoms with Gasteiger partial charge in [-0.25, -0.2) is 87.8 Å². The van der Waals surface area contributed by atoms with E-state index in [4.69, 9.17) is 34.8 Å². The van der Waals surface area contributed by atoms with E-state index in [9.17, 15) is 57.5 Å². The van der Waals surface area contributed by atoms with Crippen LogP contribution < -0.4 is 26.4 Å². The van der Waals surface area contributed by atoms with Crippen LogP contribution >= 0.6 is 34.8 Å². The van der Waals surface area contributed by atoms with Crippen molar-refractivity contribution in [2.75, 3.05) is 0 Å². The molecule has 0 saturated heterocycles. The largest absolute Gasteiger partial charge is 0.287 e. The first-order valence-corrected chi connectivity index (χ1v) is 19.1. The number of halogens is 23. The number of hydrogen-bond acceptors (Lipinski definition) is 1. The van der Waals surface area contributed by atoms with Crippen LogP contribution in [0.5, 0.6) is 0 Å². The van der Waals surface area contributed by atoms with E-state index >= 15 is 35.1 Å². The lowest BCUT2D eigenvalue weighted by atomic mass is 9.12. The second-order valence-corrected chi connectivity index (χ2v) is 16.2. The van der Waals surface area contributed by atoms with Crippen molar-refractivity contribution in [1.82, 2.24) is 0 Å². The summed E-state index contributed by atoms with van der Waals surface area (Å²) in [6.07, 6.45) is -7.22. The molecule has 0 aliphatic carbocycles. The van der Waals surface area contributed by atoms with Gasteiger partial charge in [0, 0.05) is 23.1 Å². The fraction of sp³-hybridized carbons (Fsp3) is 0.0476. The average molecular weight is 1040 g/mol. The number of rotatable bonds is 7. The second kappa shape index (κ2) is 18.8. The number of benzene rings is 6. The Morgan fingerprint density at radius 1 is 0.382 bits per heavy atom. The smallest absolute Gasteiger partial charge is 0.275 e. The van der Waals surface area contributed by atoms with Gasteiger partial charge in [-0.15, -0.1) is 21.9 Å². The van der Waals surface area contributed by atoms with Gasteiger partial charge in [0.05, 0.1) is 0 Å². The lowest BCUT2D eigenvalue weighted by molar-refractivity contribution is -0.665. The van der Waals surface area contributed by atoms with E-state index in [1.807, 2.05) is 48.5 Å². The Balaban J connectivity index is 0.000000276. The molecule has 6 aromatic carbocycles. The van der Waals surface area contributed by atoms with E-state index in [1.165, 1.54) is 0 Å². The Morgan fingerprint density at radius 2 is 0.662 bits per heavy atom. The third kappa shape index (κ3) is 8.14.